The fraction of sp³-hybridized carbons (Fsp3) is 0.556. The number of halogens is 1. The Hall–Kier alpha value is -0.640. The van der Waals surface area contributed by atoms with Crippen molar-refractivity contribution >= 4 is 28.4 Å². The zero-order valence-electron chi connectivity index (χ0n) is 7.64. The molecule has 0 heterocycles. The number of nitrogens with one attached hydrogen (secondary N) is 1. The van der Waals surface area contributed by atoms with Crippen molar-refractivity contribution in [1.29, 1.82) is 0 Å². The molecule has 1 saturated carbocycles. The minimum absolute atomic E-state index is 0.108. The lowest BCUT2D eigenvalue weighted by atomic mass is 10.3. The van der Waals surface area contributed by atoms with E-state index < -0.39 is 0 Å². The highest BCUT2D eigenvalue weighted by molar-refractivity contribution is 9.11. The van der Waals surface area contributed by atoms with E-state index in [1.807, 2.05) is 0 Å². The van der Waals surface area contributed by atoms with Crippen LogP contribution in [0, 0.1) is 5.92 Å². The van der Waals surface area contributed by atoms with Gasteiger partial charge in [-0.3, -0.25) is 9.79 Å². The van der Waals surface area contributed by atoms with Crippen LogP contribution >= 0.6 is 15.9 Å². The van der Waals surface area contributed by atoms with E-state index in [9.17, 15) is 4.79 Å². The Balaban J connectivity index is 2.53. The minimum Gasteiger partial charge on any atom is -0.371 e. The molecule has 0 atom stereocenters. The second-order valence-corrected chi connectivity index (χ2v) is 3.98. The van der Waals surface area contributed by atoms with Crippen LogP contribution in [-0.4, -0.2) is 19.0 Å². The normalized spacial score (nSPS) is 17.7. The molecule has 0 spiro atoms. The first kappa shape index (κ1) is 10.4. The third-order valence-electron chi connectivity index (χ3n) is 1.85. The van der Waals surface area contributed by atoms with E-state index in [1.165, 1.54) is 12.8 Å². The lowest BCUT2D eigenvalue weighted by Gasteiger charge is -2.06. The summed E-state index contributed by atoms with van der Waals surface area (Å²) >= 11 is 3.36. The van der Waals surface area contributed by atoms with Gasteiger partial charge < -0.3 is 5.32 Å². The number of hydrogen-bond acceptors (Lipinski definition) is 3. The lowest BCUT2D eigenvalue weighted by molar-refractivity contribution is -0.116. The summed E-state index contributed by atoms with van der Waals surface area (Å²) in [5.41, 5.74) is 0.946. The van der Waals surface area contributed by atoms with Gasteiger partial charge in [0.25, 0.3) is 0 Å². The maximum Gasteiger partial charge on any atom is 0.148 e. The molecule has 1 fully saturated rings. The number of carbonyl (C=O) groups is 1. The van der Waals surface area contributed by atoms with Crippen LogP contribution in [0.5, 0.6) is 0 Å². The Bertz CT molecular complexity index is 256. The third kappa shape index (κ3) is 3.30. The fourth-order valence-electron chi connectivity index (χ4n) is 1.03. The van der Waals surface area contributed by atoms with E-state index in [0.29, 0.717) is 12.5 Å². The number of hydrogen-bond donors (Lipinski definition) is 1. The van der Waals surface area contributed by atoms with Gasteiger partial charge in [-0.15, -0.1) is 0 Å². The van der Waals surface area contributed by atoms with Crippen LogP contribution in [0.4, 0.5) is 0 Å². The van der Waals surface area contributed by atoms with Crippen molar-refractivity contribution in [2.75, 3.05) is 6.54 Å². The van der Waals surface area contributed by atoms with Crippen LogP contribution in [0.1, 0.15) is 19.8 Å². The van der Waals surface area contributed by atoms with Gasteiger partial charge in [0.1, 0.15) is 10.4 Å². The van der Waals surface area contributed by atoms with Crippen LogP contribution < -0.4 is 5.32 Å². The molecule has 13 heavy (non-hydrogen) atoms. The van der Waals surface area contributed by atoms with Gasteiger partial charge in [-0.1, -0.05) is 0 Å². The van der Waals surface area contributed by atoms with E-state index in [1.54, 1.807) is 6.92 Å². The number of carbonyl (C=O) groups excluding carboxylic acids is 1. The number of aliphatic imine (C=N–C) groups is 1. The molecule has 0 amide bonds. The van der Waals surface area contributed by atoms with E-state index in [2.05, 4.69) is 33.0 Å². The van der Waals surface area contributed by atoms with E-state index in [-0.39, 0.29) is 5.78 Å². The summed E-state index contributed by atoms with van der Waals surface area (Å²) in [6.07, 6.45) is 2.34. The molecule has 0 aromatic carbocycles. The van der Waals surface area contributed by atoms with Gasteiger partial charge in [0, 0.05) is 5.92 Å². The van der Waals surface area contributed by atoms with Crippen LogP contribution in [0.25, 0.3) is 0 Å². The van der Waals surface area contributed by atoms with Gasteiger partial charge in [0.15, 0.2) is 0 Å². The molecule has 1 aliphatic carbocycles. The topological polar surface area (TPSA) is 41.5 Å². The number of Topliss-reactive ketones (excluding diaryl/α,β-unsaturated/α-hetero) is 1. The molecule has 0 bridgehead atoms. The molecule has 72 valence electrons. The van der Waals surface area contributed by atoms with Gasteiger partial charge >= 0.3 is 0 Å². The van der Waals surface area contributed by atoms with Crippen LogP contribution in [0.2, 0.25) is 0 Å². The molecule has 1 aliphatic rings. The van der Waals surface area contributed by atoms with Crippen LogP contribution in [0.3, 0.4) is 0 Å². The first-order valence-electron chi connectivity index (χ1n) is 4.25. The Morgan fingerprint density at radius 2 is 2.31 bits per heavy atom. The predicted molar refractivity (Wildman–Crippen MR) is 56.9 cm³/mol. The molecule has 0 aromatic rings. The van der Waals surface area contributed by atoms with Crippen molar-refractivity contribution in [3.63, 3.8) is 0 Å². The number of ketones is 1. The SMILES string of the molecule is C=N/C(=C(/Br)NCC(C)=O)C1CC1. The molecule has 1 N–H and O–H groups in total. The number of rotatable bonds is 5. The summed E-state index contributed by atoms with van der Waals surface area (Å²) in [5.74, 6) is 0.641. The largest absolute Gasteiger partial charge is 0.371 e. The van der Waals surface area contributed by atoms with Crippen molar-refractivity contribution in [2.45, 2.75) is 19.8 Å². The quantitative estimate of drug-likeness (QED) is 0.593. The second-order valence-electron chi connectivity index (χ2n) is 3.19. The Morgan fingerprint density at radius 3 is 2.69 bits per heavy atom. The highest BCUT2D eigenvalue weighted by Crippen LogP contribution is 2.38. The molecule has 0 aliphatic heterocycles. The molecule has 0 radical (unpaired) electrons. The summed E-state index contributed by atoms with van der Waals surface area (Å²) in [6, 6.07) is 0. The third-order valence-corrected chi connectivity index (χ3v) is 2.54. The van der Waals surface area contributed by atoms with Crippen molar-refractivity contribution in [2.24, 2.45) is 10.9 Å². The van der Waals surface area contributed by atoms with E-state index in [0.717, 1.165) is 10.3 Å². The average molecular weight is 245 g/mol. The lowest BCUT2D eigenvalue weighted by Crippen LogP contribution is -2.18. The summed E-state index contributed by atoms with van der Waals surface area (Å²) in [7, 11) is 0. The fourth-order valence-corrected chi connectivity index (χ4v) is 1.62. The Labute approximate surface area is 86.4 Å². The van der Waals surface area contributed by atoms with Gasteiger partial charge in [-0.2, -0.15) is 0 Å². The van der Waals surface area contributed by atoms with Gasteiger partial charge in [0.2, 0.25) is 0 Å². The molecule has 1 rings (SSSR count). The molecular weight excluding hydrogens is 232 g/mol. The van der Waals surface area contributed by atoms with Gasteiger partial charge in [-0.25, -0.2) is 0 Å². The van der Waals surface area contributed by atoms with Gasteiger partial charge in [-0.05, 0) is 42.4 Å². The number of nitrogens with zero attached hydrogens (tertiary/aromatic N) is 1. The summed E-state index contributed by atoms with van der Waals surface area (Å²) in [4.78, 5) is 14.6. The van der Waals surface area contributed by atoms with Gasteiger partial charge in [0.05, 0.1) is 12.2 Å². The summed E-state index contributed by atoms with van der Waals surface area (Å²) < 4.78 is 0.806. The number of allylic oxidation sites excluding steroid dienone is 1. The summed E-state index contributed by atoms with van der Waals surface area (Å²) in [6.45, 7) is 5.39. The average Bonchev–Trinajstić information content (AvgIpc) is 2.86. The van der Waals surface area contributed by atoms with Crippen molar-refractivity contribution in [3.8, 4) is 0 Å². The highest BCUT2D eigenvalue weighted by atomic mass is 79.9. The Morgan fingerprint density at radius 1 is 1.69 bits per heavy atom. The first-order chi connectivity index (χ1) is 6.15. The van der Waals surface area contributed by atoms with Crippen molar-refractivity contribution < 1.29 is 4.79 Å². The minimum atomic E-state index is 0.108. The molecule has 0 saturated heterocycles. The Kier molecular flexibility index (Phi) is 3.66. The standard InChI is InChI=1S/C9H13BrN2O/c1-6(13)5-12-9(10)8(11-2)7-3-4-7/h7,12H,2-5H2,1H3/b9-8-. The van der Waals surface area contributed by atoms with Crippen LogP contribution in [0.15, 0.2) is 15.3 Å². The maximum atomic E-state index is 10.7. The van der Waals surface area contributed by atoms with Crippen molar-refractivity contribution in [1.82, 2.24) is 5.32 Å². The van der Waals surface area contributed by atoms with Crippen LogP contribution in [-0.2, 0) is 4.79 Å². The summed E-state index contributed by atoms with van der Waals surface area (Å²) in [5, 5.41) is 2.97. The van der Waals surface area contributed by atoms with E-state index >= 15 is 0 Å². The van der Waals surface area contributed by atoms with Crippen molar-refractivity contribution in [3.05, 3.63) is 10.3 Å². The second kappa shape index (κ2) is 4.56. The first-order valence-corrected chi connectivity index (χ1v) is 5.04. The van der Waals surface area contributed by atoms with E-state index in [4.69, 9.17) is 0 Å². The maximum absolute atomic E-state index is 10.7. The molecule has 0 aromatic heterocycles. The molecule has 4 heteroatoms. The zero-order valence-corrected chi connectivity index (χ0v) is 9.23. The highest BCUT2D eigenvalue weighted by Gasteiger charge is 2.27. The zero-order chi connectivity index (χ0) is 9.84. The molecular formula is C9H13BrN2O. The monoisotopic (exact) mass is 244 g/mol. The molecule has 0 unspecified atom stereocenters. The predicted octanol–water partition coefficient (Wildman–Crippen LogP) is 1.84. The molecule has 3 nitrogen and oxygen atoms in total. The smallest absolute Gasteiger partial charge is 0.148 e.